The van der Waals surface area contributed by atoms with E-state index in [0.717, 1.165) is 60.2 Å². The third-order valence-electron chi connectivity index (χ3n) is 4.93. The Kier molecular flexibility index (Phi) is 5.53. The largest absolute Gasteiger partial charge is 0.493 e. The normalized spacial score (nSPS) is 15.9. The molecule has 0 saturated heterocycles. The lowest BCUT2D eigenvalue weighted by molar-refractivity contribution is 0.284. The topological polar surface area (TPSA) is 74.1 Å². The lowest BCUT2D eigenvalue weighted by Gasteiger charge is -2.23. The molecule has 3 heterocycles. The maximum Gasteiger partial charge on any atom is 0.161 e. The van der Waals surface area contributed by atoms with Crippen molar-refractivity contribution >= 4 is 0 Å². The van der Waals surface area contributed by atoms with Crippen LogP contribution in [0.3, 0.4) is 0 Å². The fourth-order valence-electron chi connectivity index (χ4n) is 3.44. The molecule has 7 nitrogen and oxygen atoms in total. The van der Waals surface area contributed by atoms with E-state index >= 15 is 0 Å². The number of rotatable bonds is 7. The van der Waals surface area contributed by atoms with Gasteiger partial charge in [-0.05, 0) is 48.7 Å². The van der Waals surface area contributed by atoms with Gasteiger partial charge in [-0.15, -0.1) is 0 Å². The van der Waals surface area contributed by atoms with Crippen LogP contribution < -0.4 is 14.8 Å². The lowest BCUT2D eigenvalue weighted by Crippen LogP contribution is -2.37. The van der Waals surface area contributed by atoms with Crippen molar-refractivity contribution in [1.29, 1.82) is 0 Å². The third kappa shape index (κ3) is 4.31. The van der Waals surface area contributed by atoms with Gasteiger partial charge in [0.1, 0.15) is 18.3 Å². The monoisotopic (exact) mass is 379 g/mol. The number of hydrogen-bond acceptors (Lipinski definition) is 6. The van der Waals surface area contributed by atoms with Gasteiger partial charge < -0.3 is 14.8 Å². The Labute approximate surface area is 164 Å². The Morgan fingerprint density at radius 2 is 2.00 bits per heavy atom. The molecule has 3 aromatic rings. The van der Waals surface area contributed by atoms with Gasteiger partial charge in [0.2, 0.25) is 0 Å². The zero-order valence-corrected chi connectivity index (χ0v) is 16.3. The fourth-order valence-corrected chi connectivity index (χ4v) is 3.44. The number of ether oxygens (including phenoxy) is 2. The average molecular weight is 379 g/mol. The molecule has 0 amide bonds. The molecule has 0 aliphatic carbocycles. The highest BCUT2D eigenvalue weighted by Gasteiger charge is 2.20. The molecular formula is C21H25N5O2. The summed E-state index contributed by atoms with van der Waals surface area (Å²) in [7, 11) is 1.67. The molecule has 0 fully saturated rings. The van der Waals surface area contributed by atoms with Crippen molar-refractivity contribution in [2.75, 3.05) is 7.11 Å². The van der Waals surface area contributed by atoms with Crippen molar-refractivity contribution in [3.8, 4) is 11.5 Å². The van der Waals surface area contributed by atoms with Crippen LogP contribution in [0.25, 0.3) is 0 Å². The summed E-state index contributed by atoms with van der Waals surface area (Å²) in [5.74, 6) is 3.42. The van der Waals surface area contributed by atoms with Gasteiger partial charge >= 0.3 is 0 Å². The van der Waals surface area contributed by atoms with E-state index in [1.54, 1.807) is 19.5 Å². The highest BCUT2D eigenvalue weighted by molar-refractivity contribution is 5.43. The predicted molar refractivity (Wildman–Crippen MR) is 105 cm³/mol. The standard InChI is InChI=1S/C21H25N5O2/c1-15-24-21-6-4-18(13-26(21)25-15)23-12-17-3-5-19(20(11-17)27-2)28-14-16-7-9-22-10-8-16/h3,5,7-11,18,23H,4,6,12-14H2,1-2H3. The summed E-state index contributed by atoms with van der Waals surface area (Å²) in [6.45, 7) is 4.06. The van der Waals surface area contributed by atoms with E-state index < -0.39 is 0 Å². The molecule has 1 aliphatic heterocycles. The average Bonchev–Trinajstić information content (AvgIpc) is 3.11. The van der Waals surface area contributed by atoms with Gasteiger partial charge in [0.15, 0.2) is 11.5 Å². The Hall–Kier alpha value is -2.93. The number of aromatic nitrogens is 4. The van der Waals surface area contributed by atoms with Crippen LogP contribution in [0.15, 0.2) is 42.7 Å². The van der Waals surface area contributed by atoms with Crippen LogP contribution in [-0.2, 0) is 26.1 Å². The molecule has 1 N–H and O–H groups in total. The molecule has 1 aromatic carbocycles. The fraction of sp³-hybridized carbons (Fsp3) is 0.381. The molecule has 0 bridgehead atoms. The molecular weight excluding hydrogens is 354 g/mol. The summed E-state index contributed by atoms with van der Waals surface area (Å²) in [5, 5.41) is 8.09. The number of nitrogens with zero attached hydrogens (tertiary/aromatic N) is 4. The van der Waals surface area contributed by atoms with Gasteiger partial charge in [0.05, 0.1) is 13.7 Å². The lowest BCUT2D eigenvalue weighted by atomic mass is 10.1. The van der Waals surface area contributed by atoms with Crippen molar-refractivity contribution in [3.05, 3.63) is 65.5 Å². The van der Waals surface area contributed by atoms with Crippen LogP contribution in [0.2, 0.25) is 0 Å². The molecule has 1 aliphatic rings. The van der Waals surface area contributed by atoms with E-state index in [0.29, 0.717) is 12.6 Å². The van der Waals surface area contributed by atoms with Gasteiger partial charge in [-0.1, -0.05) is 6.07 Å². The number of benzene rings is 1. The van der Waals surface area contributed by atoms with E-state index in [-0.39, 0.29) is 0 Å². The van der Waals surface area contributed by atoms with Crippen LogP contribution >= 0.6 is 0 Å². The molecule has 2 aromatic heterocycles. The number of methoxy groups -OCH3 is 1. The van der Waals surface area contributed by atoms with Crippen LogP contribution in [-0.4, -0.2) is 32.9 Å². The van der Waals surface area contributed by atoms with E-state index in [2.05, 4.69) is 26.4 Å². The predicted octanol–water partition coefficient (Wildman–Crippen LogP) is 2.67. The van der Waals surface area contributed by atoms with Crippen LogP contribution in [0.1, 0.15) is 29.2 Å². The minimum absolute atomic E-state index is 0.391. The number of pyridine rings is 1. The third-order valence-corrected chi connectivity index (χ3v) is 4.93. The summed E-state index contributed by atoms with van der Waals surface area (Å²) in [5.41, 5.74) is 2.23. The minimum atomic E-state index is 0.391. The summed E-state index contributed by atoms with van der Waals surface area (Å²) < 4.78 is 13.5. The van der Waals surface area contributed by atoms with Crippen molar-refractivity contribution in [3.63, 3.8) is 0 Å². The molecule has 4 rings (SSSR count). The first kappa shape index (κ1) is 18.4. The SMILES string of the molecule is COc1cc(CNC2CCc3nc(C)nn3C2)ccc1OCc1ccncc1. The molecule has 1 atom stereocenters. The Bertz CT molecular complexity index is 926. The molecule has 0 saturated carbocycles. The smallest absolute Gasteiger partial charge is 0.161 e. The highest BCUT2D eigenvalue weighted by Crippen LogP contribution is 2.29. The maximum atomic E-state index is 5.91. The van der Waals surface area contributed by atoms with Crippen LogP contribution in [0.5, 0.6) is 11.5 Å². The second-order valence-electron chi connectivity index (χ2n) is 7.00. The first-order valence-corrected chi connectivity index (χ1v) is 9.53. The van der Waals surface area contributed by atoms with Crippen LogP contribution in [0, 0.1) is 6.92 Å². The Balaban J connectivity index is 1.35. The van der Waals surface area contributed by atoms with Gasteiger partial charge in [-0.25, -0.2) is 9.67 Å². The second kappa shape index (κ2) is 8.39. The molecule has 0 radical (unpaired) electrons. The van der Waals surface area contributed by atoms with Crippen molar-refractivity contribution in [1.82, 2.24) is 25.1 Å². The summed E-state index contributed by atoms with van der Waals surface area (Å²) >= 11 is 0. The van der Waals surface area contributed by atoms with Gasteiger partial charge in [-0.2, -0.15) is 5.10 Å². The maximum absolute atomic E-state index is 5.91. The molecule has 1 unspecified atom stereocenters. The molecule has 7 heteroatoms. The molecule has 146 valence electrons. The van der Waals surface area contributed by atoms with E-state index in [4.69, 9.17) is 9.47 Å². The number of hydrogen-bond donors (Lipinski definition) is 1. The van der Waals surface area contributed by atoms with E-state index in [1.807, 2.05) is 35.9 Å². The minimum Gasteiger partial charge on any atom is -0.493 e. The molecule has 28 heavy (non-hydrogen) atoms. The second-order valence-corrected chi connectivity index (χ2v) is 7.00. The van der Waals surface area contributed by atoms with Crippen LogP contribution in [0.4, 0.5) is 0 Å². The zero-order valence-electron chi connectivity index (χ0n) is 16.3. The van der Waals surface area contributed by atoms with Gasteiger partial charge in [-0.3, -0.25) is 4.98 Å². The number of fused-ring (bicyclic) bond motifs is 1. The van der Waals surface area contributed by atoms with Crippen molar-refractivity contribution in [2.24, 2.45) is 0 Å². The number of aryl methyl sites for hydroxylation is 2. The van der Waals surface area contributed by atoms with E-state index in [1.165, 1.54) is 0 Å². The highest BCUT2D eigenvalue weighted by atomic mass is 16.5. The molecule has 0 spiro atoms. The Morgan fingerprint density at radius 3 is 2.82 bits per heavy atom. The first-order valence-electron chi connectivity index (χ1n) is 9.53. The summed E-state index contributed by atoms with van der Waals surface area (Å²) in [6, 6.07) is 10.3. The van der Waals surface area contributed by atoms with E-state index in [9.17, 15) is 0 Å². The summed E-state index contributed by atoms with van der Waals surface area (Å²) in [4.78, 5) is 8.49. The van der Waals surface area contributed by atoms with Crippen molar-refractivity contribution in [2.45, 2.75) is 45.5 Å². The zero-order chi connectivity index (χ0) is 19.3. The Morgan fingerprint density at radius 1 is 1.14 bits per heavy atom. The first-order chi connectivity index (χ1) is 13.7. The van der Waals surface area contributed by atoms with Crippen molar-refractivity contribution < 1.29 is 9.47 Å². The number of nitrogens with one attached hydrogen (secondary N) is 1. The summed E-state index contributed by atoms with van der Waals surface area (Å²) in [6.07, 6.45) is 5.56. The van der Waals surface area contributed by atoms with Gasteiger partial charge in [0, 0.05) is 31.4 Å². The van der Waals surface area contributed by atoms with Gasteiger partial charge in [0.25, 0.3) is 0 Å². The quantitative estimate of drug-likeness (QED) is 0.680.